The lowest BCUT2D eigenvalue weighted by Gasteiger charge is -2.16. The molecule has 0 bridgehead atoms. The van der Waals surface area contributed by atoms with Crippen LogP contribution in [0.2, 0.25) is 0 Å². The lowest BCUT2D eigenvalue weighted by Crippen LogP contribution is -2.36. The second-order valence-corrected chi connectivity index (χ2v) is 13.2. The Morgan fingerprint density at radius 2 is 1.56 bits per heavy atom. The van der Waals surface area contributed by atoms with Gasteiger partial charge in [-0.3, -0.25) is 9.59 Å². The molecular weight excluding hydrogens is 664 g/mol. The monoisotopic (exact) mass is 708 g/mol. The summed E-state index contributed by atoms with van der Waals surface area (Å²) in [6.07, 6.45) is 3.49. The van der Waals surface area contributed by atoms with Gasteiger partial charge in [0.15, 0.2) is 0 Å². The van der Waals surface area contributed by atoms with Gasteiger partial charge in [-0.05, 0) is 42.6 Å². The number of pyridine rings is 1. The molecule has 2 aromatic carbocycles. The number of unbranched alkanes of at least 4 members (excludes halogenated alkanes) is 1. The molecule has 2 aliphatic heterocycles. The van der Waals surface area contributed by atoms with Crippen molar-refractivity contribution in [2.24, 2.45) is 5.11 Å². The number of amides is 4. The number of hydrogen-bond acceptors (Lipinski definition) is 10. The van der Waals surface area contributed by atoms with Crippen LogP contribution in [-0.2, 0) is 28.5 Å². The topological polar surface area (TPSA) is 198 Å². The highest BCUT2D eigenvalue weighted by atomic mass is 32.2. The number of rotatable bonds is 22. The van der Waals surface area contributed by atoms with Gasteiger partial charge in [0, 0.05) is 51.0 Å². The second kappa shape index (κ2) is 19.9. The van der Waals surface area contributed by atoms with Crippen LogP contribution in [0.15, 0.2) is 47.6 Å². The molecule has 0 unspecified atom stereocenters. The highest BCUT2D eigenvalue weighted by Gasteiger charge is 2.42. The first-order valence-electron chi connectivity index (χ1n) is 16.9. The number of urea groups is 1. The molecule has 4 N–H and O–H groups in total. The Bertz CT molecular complexity index is 1660. The van der Waals surface area contributed by atoms with Gasteiger partial charge >= 0.3 is 6.03 Å². The maximum absolute atomic E-state index is 12.4. The van der Waals surface area contributed by atoms with Crippen LogP contribution in [-0.4, -0.2) is 105 Å². The molecular formula is C34H44N8O7S. The van der Waals surface area contributed by atoms with Gasteiger partial charge in [-0.2, -0.15) is 11.8 Å². The maximum Gasteiger partial charge on any atom is 0.315 e. The molecule has 5 rings (SSSR count). The Hall–Kier alpha value is -4.18. The first-order chi connectivity index (χ1) is 24.5. The SMILES string of the molecule is [N-]=[N+]=Nc1ccc2cc3ccc(NC(=O)CCOCCOCCOCCOCCNC(=O)CCCC[C@@H]4SC[C@@H]5NC(=O)N[C@@H]54)cc3nc2c1. The molecule has 2 aliphatic rings. The van der Waals surface area contributed by atoms with Crippen molar-refractivity contribution in [1.82, 2.24) is 20.9 Å². The van der Waals surface area contributed by atoms with Crippen molar-refractivity contribution in [1.29, 1.82) is 0 Å². The Kier molecular flexibility index (Phi) is 14.7. The number of fused-ring (bicyclic) bond motifs is 3. The van der Waals surface area contributed by atoms with Gasteiger partial charge in [0.1, 0.15) is 0 Å². The summed E-state index contributed by atoms with van der Waals surface area (Å²) < 4.78 is 22.0. The van der Waals surface area contributed by atoms with Crippen molar-refractivity contribution in [2.45, 2.75) is 49.4 Å². The van der Waals surface area contributed by atoms with Crippen molar-refractivity contribution >= 4 is 62.8 Å². The number of thioether (sulfide) groups is 1. The molecule has 16 heteroatoms. The van der Waals surface area contributed by atoms with E-state index in [1.54, 1.807) is 12.1 Å². The summed E-state index contributed by atoms with van der Waals surface area (Å²) in [4.78, 5) is 43.4. The average molecular weight is 709 g/mol. The number of ether oxygens (including phenoxy) is 4. The normalized spacial score (nSPS) is 18.0. The van der Waals surface area contributed by atoms with Crippen molar-refractivity contribution in [3.8, 4) is 0 Å². The van der Waals surface area contributed by atoms with E-state index in [4.69, 9.17) is 24.5 Å². The quantitative estimate of drug-likeness (QED) is 0.0289. The average Bonchev–Trinajstić information content (AvgIpc) is 3.66. The molecule has 3 aromatic rings. The summed E-state index contributed by atoms with van der Waals surface area (Å²) >= 11 is 1.89. The fraction of sp³-hybridized carbons (Fsp3) is 0.529. The van der Waals surface area contributed by atoms with Crippen molar-refractivity contribution in [3.63, 3.8) is 0 Å². The first kappa shape index (κ1) is 37.1. The third kappa shape index (κ3) is 11.7. The summed E-state index contributed by atoms with van der Waals surface area (Å²) in [7, 11) is 0. The Labute approximate surface area is 294 Å². The van der Waals surface area contributed by atoms with Crippen LogP contribution in [0.5, 0.6) is 0 Å². The smallest absolute Gasteiger partial charge is 0.315 e. The van der Waals surface area contributed by atoms with Crippen LogP contribution in [0.25, 0.3) is 32.2 Å². The minimum Gasteiger partial charge on any atom is -0.379 e. The molecule has 2 fully saturated rings. The molecule has 0 aliphatic carbocycles. The molecule has 15 nitrogen and oxygen atoms in total. The summed E-state index contributed by atoms with van der Waals surface area (Å²) in [5, 5.41) is 17.6. The van der Waals surface area contributed by atoms with Gasteiger partial charge in [-0.15, -0.1) is 0 Å². The van der Waals surface area contributed by atoms with Crippen LogP contribution >= 0.6 is 11.8 Å². The predicted octanol–water partition coefficient (Wildman–Crippen LogP) is 4.57. The largest absolute Gasteiger partial charge is 0.379 e. The molecule has 50 heavy (non-hydrogen) atoms. The van der Waals surface area contributed by atoms with Gasteiger partial charge < -0.3 is 40.2 Å². The van der Waals surface area contributed by atoms with Gasteiger partial charge in [-0.1, -0.05) is 29.7 Å². The van der Waals surface area contributed by atoms with E-state index >= 15 is 0 Å². The minimum absolute atomic E-state index is 0.0281. The Morgan fingerprint density at radius 3 is 2.32 bits per heavy atom. The fourth-order valence-corrected chi connectivity index (χ4v) is 7.32. The highest BCUT2D eigenvalue weighted by Crippen LogP contribution is 2.33. The molecule has 3 atom stereocenters. The molecule has 1 aromatic heterocycles. The van der Waals surface area contributed by atoms with Crippen LogP contribution in [0.3, 0.4) is 0 Å². The van der Waals surface area contributed by atoms with Gasteiger partial charge in [0.05, 0.1) is 82.4 Å². The zero-order chi connectivity index (χ0) is 35.0. The summed E-state index contributed by atoms with van der Waals surface area (Å²) in [6.45, 7) is 3.62. The number of aromatic nitrogens is 1. The molecule has 268 valence electrons. The minimum atomic E-state index is -0.169. The zero-order valence-corrected chi connectivity index (χ0v) is 28.8. The van der Waals surface area contributed by atoms with Crippen LogP contribution in [0.1, 0.15) is 32.1 Å². The number of nitrogens with zero attached hydrogens (tertiary/aromatic N) is 4. The van der Waals surface area contributed by atoms with Crippen LogP contribution in [0.4, 0.5) is 16.2 Å². The molecule has 0 radical (unpaired) electrons. The lowest BCUT2D eigenvalue weighted by atomic mass is 10.0. The Balaban J connectivity index is 0.798. The van der Waals surface area contributed by atoms with E-state index in [9.17, 15) is 14.4 Å². The van der Waals surface area contributed by atoms with Crippen molar-refractivity contribution in [2.75, 3.05) is 70.5 Å². The number of hydrogen-bond donors (Lipinski definition) is 4. The second-order valence-electron chi connectivity index (χ2n) is 11.9. The van der Waals surface area contributed by atoms with E-state index in [0.29, 0.717) is 81.4 Å². The number of anilines is 1. The standard InChI is InChI=1S/C34H44N8O7S/c35-42-41-26-8-6-24-19-23-5-7-25(20-27(23)38-28(24)21-26)37-32(44)9-11-46-13-15-48-17-18-49-16-14-47-12-10-36-31(43)4-2-1-3-30-33-29(22-50-30)39-34(45)40-33/h5-8,19-21,29-30,33H,1-4,9-18,22H2,(H,36,43)(H,37,44)(H2,39,40,45)/t29-,30-,33-/m0/s1. The predicted molar refractivity (Wildman–Crippen MR) is 192 cm³/mol. The van der Waals surface area contributed by atoms with E-state index in [0.717, 1.165) is 41.3 Å². The van der Waals surface area contributed by atoms with E-state index in [1.807, 2.05) is 42.1 Å². The molecule has 0 saturated carbocycles. The van der Waals surface area contributed by atoms with Crippen LogP contribution in [0, 0.1) is 0 Å². The molecule has 3 heterocycles. The highest BCUT2D eigenvalue weighted by molar-refractivity contribution is 8.00. The number of benzene rings is 2. The molecule has 0 spiro atoms. The number of azide groups is 1. The van der Waals surface area contributed by atoms with E-state index < -0.39 is 0 Å². The maximum atomic E-state index is 12.4. The lowest BCUT2D eigenvalue weighted by molar-refractivity contribution is -0.121. The van der Waals surface area contributed by atoms with Gasteiger partial charge in [0.25, 0.3) is 0 Å². The third-order valence-electron chi connectivity index (χ3n) is 8.28. The van der Waals surface area contributed by atoms with E-state index in [1.165, 1.54) is 0 Å². The number of nitrogens with one attached hydrogen (secondary N) is 4. The van der Waals surface area contributed by atoms with E-state index in [2.05, 4.69) is 36.3 Å². The summed E-state index contributed by atoms with van der Waals surface area (Å²) in [5.41, 5.74) is 11.2. The third-order valence-corrected chi connectivity index (χ3v) is 9.79. The summed E-state index contributed by atoms with van der Waals surface area (Å²) in [6, 6.07) is 13.2. The van der Waals surface area contributed by atoms with Crippen LogP contribution < -0.4 is 21.3 Å². The fourth-order valence-electron chi connectivity index (χ4n) is 5.78. The first-order valence-corrected chi connectivity index (χ1v) is 18.0. The molecule has 4 amide bonds. The summed E-state index contributed by atoms with van der Waals surface area (Å²) in [5.74, 6) is 0.810. The van der Waals surface area contributed by atoms with Crippen molar-refractivity contribution in [3.05, 3.63) is 52.9 Å². The zero-order valence-electron chi connectivity index (χ0n) is 27.9. The number of carbonyl (C=O) groups is 3. The number of carbonyl (C=O) groups excluding carboxylic acids is 3. The van der Waals surface area contributed by atoms with Gasteiger partial charge in [-0.25, -0.2) is 9.78 Å². The Morgan fingerprint density at radius 1 is 0.860 bits per heavy atom. The van der Waals surface area contributed by atoms with Crippen molar-refractivity contribution < 1.29 is 33.3 Å². The molecule has 2 saturated heterocycles. The van der Waals surface area contributed by atoms with Gasteiger partial charge in [0.2, 0.25) is 11.8 Å². The van der Waals surface area contributed by atoms with E-state index in [-0.39, 0.29) is 43.0 Å².